The molecular formula is C8H13NO3. The quantitative estimate of drug-likeness (QED) is 0.442. The standard InChI is InChI=1S/C8H13NO3/c10-7(12-11)6-1-4-9-5-8(6)2-3-8/h6,9,11H,1-5H2. The van der Waals surface area contributed by atoms with Crippen LogP contribution in [0.25, 0.3) is 0 Å². The van der Waals surface area contributed by atoms with Crippen molar-refractivity contribution < 1.29 is 14.9 Å². The molecule has 0 bridgehead atoms. The fourth-order valence-electron chi connectivity index (χ4n) is 2.13. The van der Waals surface area contributed by atoms with Crippen LogP contribution in [0.3, 0.4) is 0 Å². The number of nitrogens with one attached hydrogen (secondary N) is 1. The van der Waals surface area contributed by atoms with Gasteiger partial charge in [0, 0.05) is 6.54 Å². The lowest BCUT2D eigenvalue weighted by Crippen LogP contribution is -2.42. The number of carbonyl (C=O) groups is 1. The maximum absolute atomic E-state index is 11.1. The molecule has 1 saturated carbocycles. The van der Waals surface area contributed by atoms with Gasteiger partial charge in [0.1, 0.15) is 0 Å². The smallest absolute Gasteiger partial charge is 0.316 e. The van der Waals surface area contributed by atoms with Crippen LogP contribution >= 0.6 is 0 Å². The number of carbonyl (C=O) groups excluding carboxylic acids is 1. The van der Waals surface area contributed by atoms with Crippen molar-refractivity contribution in [3.63, 3.8) is 0 Å². The predicted octanol–water partition coefficient (Wildman–Crippen LogP) is 0.392. The SMILES string of the molecule is O=C(OO)C1CCNCC12CC2. The van der Waals surface area contributed by atoms with Crippen LogP contribution in [0.2, 0.25) is 0 Å². The number of rotatable bonds is 1. The van der Waals surface area contributed by atoms with Gasteiger partial charge in [0.2, 0.25) is 0 Å². The third kappa shape index (κ3) is 1.11. The van der Waals surface area contributed by atoms with Gasteiger partial charge in [0.15, 0.2) is 0 Å². The monoisotopic (exact) mass is 171 g/mol. The molecule has 1 aliphatic heterocycles. The highest BCUT2D eigenvalue weighted by molar-refractivity contribution is 5.73. The topological polar surface area (TPSA) is 58.6 Å². The van der Waals surface area contributed by atoms with Crippen LogP contribution in [0.5, 0.6) is 0 Å². The average molecular weight is 171 g/mol. The molecule has 0 aromatic carbocycles. The van der Waals surface area contributed by atoms with Crippen molar-refractivity contribution in [1.29, 1.82) is 0 Å². The summed E-state index contributed by atoms with van der Waals surface area (Å²) < 4.78 is 0. The molecule has 1 heterocycles. The van der Waals surface area contributed by atoms with E-state index in [0.717, 1.165) is 32.4 Å². The van der Waals surface area contributed by atoms with E-state index in [1.807, 2.05) is 0 Å². The number of piperidine rings is 1. The van der Waals surface area contributed by atoms with Crippen LogP contribution < -0.4 is 5.32 Å². The van der Waals surface area contributed by atoms with Crippen molar-refractivity contribution >= 4 is 5.97 Å². The third-order valence-corrected chi connectivity index (χ3v) is 3.09. The van der Waals surface area contributed by atoms with E-state index in [1.165, 1.54) is 0 Å². The summed E-state index contributed by atoms with van der Waals surface area (Å²) in [5.74, 6) is -0.530. The van der Waals surface area contributed by atoms with E-state index in [4.69, 9.17) is 5.26 Å². The van der Waals surface area contributed by atoms with Gasteiger partial charge in [-0.05, 0) is 31.2 Å². The second kappa shape index (κ2) is 2.71. The summed E-state index contributed by atoms with van der Waals surface area (Å²) >= 11 is 0. The third-order valence-electron chi connectivity index (χ3n) is 3.09. The van der Waals surface area contributed by atoms with Crippen molar-refractivity contribution in [1.82, 2.24) is 5.32 Å². The maximum atomic E-state index is 11.1. The first-order valence-electron chi connectivity index (χ1n) is 4.34. The lowest BCUT2D eigenvalue weighted by atomic mass is 9.83. The summed E-state index contributed by atoms with van der Waals surface area (Å²) in [5.41, 5.74) is 0.123. The Labute approximate surface area is 70.8 Å². The zero-order valence-corrected chi connectivity index (χ0v) is 6.88. The fourth-order valence-corrected chi connectivity index (χ4v) is 2.13. The van der Waals surface area contributed by atoms with Gasteiger partial charge in [-0.2, -0.15) is 5.26 Å². The molecule has 4 heteroatoms. The van der Waals surface area contributed by atoms with Crippen LogP contribution in [0.1, 0.15) is 19.3 Å². The van der Waals surface area contributed by atoms with Gasteiger partial charge in [-0.1, -0.05) is 0 Å². The first kappa shape index (κ1) is 8.01. The number of hydrogen-bond donors (Lipinski definition) is 2. The van der Waals surface area contributed by atoms with Crippen LogP contribution in [-0.4, -0.2) is 24.3 Å². The molecule has 68 valence electrons. The molecule has 2 fully saturated rings. The normalized spacial score (nSPS) is 31.6. The molecule has 0 aromatic heterocycles. The molecule has 12 heavy (non-hydrogen) atoms. The highest BCUT2D eigenvalue weighted by Gasteiger charge is 2.54. The lowest BCUT2D eigenvalue weighted by molar-refractivity contribution is -0.242. The minimum atomic E-state index is -0.450. The van der Waals surface area contributed by atoms with Crippen LogP contribution in [-0.2, 0) is 9.68 Å². The zero-order valence-electron chi connectivity index (χ0n) is 6.88. The van der Waals surface area contributed by atoms with Crippen LogP contribution in [0.15, 0.2) is 0 Å². The van der Waals surface area contributed by atoms with Crippen LogP contribution in [0.4, 0.5) is 0 Å². The van der Waals surface area contributed by atoms with E-state index in [0.29, 0.717) is 0 Å². The Morgan fingerprint density at radius 3 is 2.92 bits per heavy atom. The molecule has 0 aromatic rings. The largest absolute Gasteiger partial charge is 0.345 e. The molecule has 0 amide bonds. The van der Waals surface area contributed by atoms with Gasteiger partial charge in [-0.3, -0.25) is 0 Å². The van der Waals surface area contributed by atoms with Crippen molar-refractivity contribution in [2.75, 3.05) is 13.1 Å². The average Bonchev–Trinajstić information content (AvgIpc) is 2.85. The summed E-state index contributed by atoms with van der Waals surface area (Å²) in [4.78, 5) is 14.9. The molecular weight excluding hydrogens is 158 g/mol. The Bertz CT molecular complexity index is 200. The molecule has 1 atom stereocenters. The van der Waals surface area contributed by atoms with Crippen LogP contribution in [0, 0.1) is 11.3 Å². The van der Waals surface area contributed by atoms with E-state index >= 15 is 0 Å². The predicted molar refractivity (Wildman–Crippen MR) is 41.4 cm³/mol. The molecule has 2 aliphatic rings. The van der Waals surface area contributed by atoms with Gasteiger partial charge in [-0.25, -0.2) is 4.79 Å². The van der Waals surface area contributed by atoms with Gasteiger partial charge in [0.05, 0.1) is 5.92 Å². The fraction of sp³-hybridized carbons (Fsp3) is 0.875. The minimum absolute atomic E-state index is 0.0799. The summed E-state index contributed by atoms with van der Waals surface area (Å²) in [7, 11) is 0. The number of hydrogen-bond acceptors (Lipinski definition) is 4. The molecule has 1 aliphatic carbocycles. The summed E-state index contributed by atoms with van der Waals surface area (Å²) in [6.45, 7) is 1.74. The van der Waals surface area contributed by atoms with Gasteiger partial charge in [0.25, 0.3) is 0 Å². The second-order valence-electron chi connectivity index (χ2n) is 3.79. The molecule has 1 spiro atoms. The van der Waals surface area contributed by atoms with Crippen molar-refractivity contribution in [3.05, 3.63) is 0 Å². The minimum Gasteiger partial charge on any atom is -0.316 e. The molecule has 2 N–H and O–H groups in total. The van der Waals surface area contributed by atoms with Gasteiger partial charge in [-0.15, -0.1) is 0 Å². The molecule has 1 saturated heterocycles. The lowest BCUT2D eigenvalue weighted by Gasteiger charge is -2.29. The molecule has 2 rings (SSSR count). The van der Waals surface area contributed by atoms with E-state index < -0.39 is 5.97 Å². The Morgan fingerprint density at radius 1 is 1.58 bits per heavy atom. The summed E-state index contributed by atoms with van der Waals surface area (Å²) in [5, 5.41) is 11.5. The first-order chi connectivity index (χ1) is 5.78. The molecule has 1 unspecified atom stereocenters. The zero-order chi connectivity index (χ0) is 8.60. The summed E-state index contributed by atoms with van der Waals surface area (Å²) in [6, 6.07) is 0. The van der Waals surface area contributed by atoms with Gasteiger partial charge < -0.3 is 10.2 Å². The van der Waals surface area contributed by atoms with Crippen molar-refractivity contribution in [3.8, 4) is 0 Å². The van der Waals surface area contributed by atoms with Gasteiger partial charge >= 0.3 is 5.97 Å². The van der Waals surface area contributed by atoms with E-state index in [9.17, 15) is 4.79 Å². The Hall–Kier alpha value is -0.610. The molecule has 0 radical (unpaired) electrons. The van der Waals surface area contributed by atoms with Crippen molar-refractivity contribution in [2.24, 2.45) is 11.3 Å². The second-order valence-corrected chi connectivity index (χ2v) is 3.79. The van der Waals surface area contributed by atoms with E-state index in [2.05, 4.69) is 10.2 Å². The van der Waals surface area contributed by atoms with E-state index in [1.54, 1.807) is 0 Å². The van der Waals surface area contributed by atoms with E-state index in [-0.39, 0.29) is 11.3 Å². The highest BCUT2D eigenvalue weighted by Crippen LogP contribution is 2.54. The van der Waals surface area contributed by atoms with Crippen molar-refractivity contribution in [2.45, 2.75) is 19.3 Å². The first-order valence-corrected chi connectivity index (χ1v) is 4.34. The Kier molecular flexibility index (Phi) is 1.81. The Morgan fingerprint density at radius 2 is 2.33 bits per heavy atom. The highest BCUT2D eigenvalue weighted by atomic mass is 17.1. The summed E-state index contributed by atoms with van der Waals surface area (Å²) in [6.07, 6.45) is 2.96. The Balaban J connectivity index is 2.06. The molecule has 4 nitrogen and oxygen atoms in total. The maximum Gasteiger partial charge on any atom is 0.345 e.